The highest BCUT2D eigenvalue weighted by Crippen LogP contribution is 2.71. The quantitative estimate of drug-likeness (QED) is 0.691. The lowest BCUT2D eigenvalue weighted by molar-refractivity contribution is 0.0986. The Hall–Kier alpha value is -1.45. The molecular formula is C23H28O2S. The van der Waals surface area contributed by atoms with Crippen LogP contribution in [0.4, 0.5) is 0 Å². The Morgan fingerprint density at radius 1 is 1.19 bits per heavy atom. The number of fused-ring (bicyclic) bond motifs is 3. The summed E-state index contributed by atoms with van der Waals surface area (Å²) in [5.41, 5.74) is 5.81. The van der Waals surface area contributed by atoms with Crippen LogP contribution >= 0.6 is 11.3 Å². The molecule has 1 aromatic heterocycles. The second kappa shape index (κ2) is 6.61. The number of Topliss-reactive ketones (excluding diaryl/α,β-unsaturated/α-hetero) is 1. The van der Waals surface area contributed by atoms with Gasteiger partial charge in [0.25, 0.3) is 0 Å². The van der Waals surface area contributed by atoms with Gasteiger partial charge in [-0.25, -0.2) is 0 Å². The van der Waals surface area contributed by atoms with Gasteiger partial charge in [-0.2, -0.15) is 0 Å². The predicted molar refractivity (Wildman–Crippen MR) is 107 cm³/mol. The Morgan fingerprint density at radius 2 is 1.85 bits per heavy atom. The molecule has 4 rings (SSSR count). The predicted octanol–water partition coefficient (Wildman–Crippen LogP) is 5.09. The van der Waals surface area contributed by atoms with Gasteiger partial charge in [0.05, 0.1) is 4.88 Å². The summed E-state index contributed by atoms with van der Waals surface area (Å²) < 4.78 is 0. The van der Waals surface area contributed by atoms with E-state index >= 15 is 0 Å². The monoisotopic (exact) mass is 368 g/mol. The summed E-state index contributed by atoms with van der Waals surface area (Å²) in [6.07, 6.45) is 4.23. The molecule has 0 amide bonds. The highest BCUT2D eigenvalue weighted by Gasteiger charge is 2.63. The number of benzene rings is 1. The molecule has 1 heterocycles. The maximum atomic E-state index is 12.9. The molecule has 0 spiro atoms. The van der Waals surface area contributed by atoms with Crippen LogP contribution in [-0.4, -0.2) is 17.5 Å². The molecule has 2 nitrogen and oxygen atoms in total. The molecule has 26 heavy (non-hydrogen) atoms. The first kappa shape index (κ1) is 17.9. The van der Waals surface area contributed by atoms with Crippen molar-refractivity contribution >= 4 is 17.1 Å². The molecule has 2 aliphatic carbocycles. The van der Waals surface area contributed by atoms with Crippen LogP contribution in [0.5, 0.6) is 0 Å². The number of hydrogen-bond acceptors (Lipinski definition) is 3. The van der Waals surface area contributed by atoms with E-state index in [0.717, 1.165) is 36.5 Å². The van der Waals surface area contributed by atoms with E-state index in [-0.39, 0.29) is 6.61 Å². The lowest BCUT2D eigenvalue weighted by atomic mass is 9.94. The molecule has 0 radical (unpaired) electrons. The van der Waals surface area contributed by atoms with Gasteiger partial charge >= 0.3 is 0 Å². The van der Waals surface area contributed by atoms with Gasteiger partial charge in [-0.05, 0) is 72.1 Å². The SMILES string of the molecule is Cc1sc(C(=O)CCc2ccc(CCCO)cc2)c2c1[C@H]1[C@@H](C2)C1(C)C. The number of aliphatic hydroxyl groups is 1. The fourth-order valence-electron chi connectivity index (χ4n) is 4.88. The fraction of sp³-hybridized carbons (Fsp3) is 0.522. The molecule has 0 saturated heterocycles. The number of hydrogen-bond donors (Lipinski definition) is 1. The van der Waals surface area contributed by atoms with Gasteiger partial charge in [0, 0.05) is 17.9 Å². The third-order valence-corrected chi connectivity index (χ3v) is 7.76. The van der Waals surface area contributed by atoms with Crippen molar-refractivity contribution in [1.82, 2.24) is 0 Å². The van der Waals surface area contributed by atoms with E-state index in [2.05, 4.69) is 45.0 Å². The highest BCUT2D eigenvalue weighted by atomic mass is 32.1. The molecule has 1 aromatic carbocycles. The van der Waals surface area contributed by atoms with Crippen molar-refractivity contribution in [3.05, 3.63) is 56.3 Å². The van der Waals surface area contributed by atoms with Crippen LogP contribution in [0.15, 0.2) is 24.3 Å². The molecule has 1 saturated carbocycles. The summed E-state index contributed by atoms with van der Waals surface area (Å²) in [5, 5.41) is 8.92. The van der Waals surface area contributed by atoms with Crippen molar-refractivity contribution in [3.8, 4) is 0 Å². The van der Waals surface area contributed by atoms with E-state index in [1.807, 2.05) is 0 Å². The number of rotatable bonds is 7. The first-order valence-electron chi connectivity index (χ1n) is 9.77. The molecule has 2 aliphatic rings. The number of carbonyl (C=O) groups is 1. The lowest BCUT2D eigenvalue weighted by Gasteiger charge is -2.10. The molecule has 0 bridgehead atoms. The smallest absolute Gasteiger partial charge is 0.173 e. The zero-order valence-electron chi connectivity index (χ0n) is 16.0. The maximum Gasteiger partial charge on any atom is 0.173 e. The molecule has 0 unspecified atom stereocenters. The minimum atomic E-state index is 0.236. The van der Waals surface area contributed by atoms with Gasteiger partial charge in [-0.1, -0.05) is 38.1 Å². The largest absolute Gasteiger partial charge is 0.396 e. The Kier molecular flexibility index (Phi) is 4.56. The van der Waals surface area contributed by atoms with Gasteiger partial charge in [0.1, 0.15) is 0 Å². The van der Waals surface area contributed by atoms with Gasteiger partial charge in [-0.15, -0.1) is 11.3 Å². The summed E-state index contributed by atoms with van der Waals surface area (Å²) in [6.45, 7) is 7.17. The summed E-state index contributed by atoms with van der Waals surface area (Å²) in [6, 6.07) is 8.50. The Morgan fingerprint density at radius 3 is 2.50 bits per heavy atom. The summed E-state index contributed by atoms with van der Waals surface area (Å²) in [7, 11) is 0. The number of aliphatic hydroxyl groups excluding tert-OH is 1. The average Bonchev–Trinajstić information content (AvgIpc) is 2.97. The second-order valence-corrected chi connectivity index (χ2v) is 9.78. The first-order valence-corrected chi connectivity index (χ1v) is 10.6. The highest BCUT2D eigenvalue weighted by molar-refractivity contribution is 7.14. The van der Waals surface area contributed by atoms with E-state index in [0.29, 0.717) is 23.5 Å². The first-order chi connectivity index (χ1) is 12.4. The van der Waals surface area contributed by atoms with Crippen LogP contribution < -0.4 is 0 Å². The zero-order valence-corrected chi connectivity index (χ0v) is 16.8. The maximum absolute atomic E-state index is 12.9. The van der Waals surface area contributed by atoms with E-state index in [1.165, 1.54) is 27.1 Å². The number of aryl methyl sites for hydroxylation is 3. The third-order valence-electron chi connectivity index (χ3n) is 6.56. The van der Waals surface area contributed by atoms with E-state index in [9.17, 15) is 4.79 Å². The van der Waals surface area contributed by atoms with Crippen LogP contribution in [-0.2, 0) is 19.3 Å². The van der Waals surface area contributed by atoms with Crippen LogP contribution in [0, 0.1) is 18.3 Å². The summed E-state index contributed by atoms with van der Waals surface area (Å²) >= 11 is 1.73. The van der Waals surface area contributed by atoms with Crippen LogP contribution in [0.25, 0.3) is 0 Å². The third kappa shape index (κ3) is 2.95. The summed E-state index contributed by atoms with van der Waals surface area (Å²) in [5.74, 6) is 1.78. The van der Waals surface area contributed by atoms with Gasteiger partial charge in [0.2, 0.25) is 0 Å². The molecule has 0 aliphatic heterocycles. The van der Waals surface area contributed by atoms with Gasteiger partial charge in [-0.3, -0.25) is 4.79 Å². The molecule has 2 atom stereocenters. The van der Waals surface area contributed by atoms with Gasteiger partial charge < -0.3 is 5.11 Å². The average molecular weight is 369 g/mol. The van der Waals surface area contributed by atoms with Crippen molar-refractivity contribution in [2.24, 2.45) is 11.3 Å². The van der Waals surface area contributed by atoms with Crippen LogP contribution in [0.3, 0.4) is 0 Å². The molecule has 1 N–H and O–H groups in total. The van der Waals surface area contributed by atoms with Crippen LogP contribution in [0.2, 0.25) is 0 Å². The Labute approximate surface area is 160 Å². The Bertz CT molecular complexity index is 829. The van der Waals surface area contributed by atoms with E-state index in [4.69, 9.17) is 5.11 Å². The van der Waals surface area contributed by atoms with Crippen molar-refractivity contribution < 1.29 is 9.90 Å². The van der Waals surface area contributed by atoms with Gasteiger partial charge in [0.15, 0.2) is 5.78 Å². The zero-order chi connectivity index (χ0) is 18.5. The number of ketones is 1. The van der Waals surface area contributed by atoms with Crippen molar-refractivity contribution in [1.29, 1.82) is 0 Å². The minimum absolute atomic E-state index is 0.236. The lowest BCUT2D eigenvalue weighted by Crippen LogP contribution is -2.05. The number of carbonyl (C=O) groups excluding carboxylic acids is 1. The van der Waals surface area contributed by atoms with E-state index in [1.54, 1.807) is 11.3 Å². The topological polar surface area (TPSA) is 37.3 Å². The number of thiophene rings is 1. The van der Waals surface area contributed by atoms with E-state index < -0.39 is 0 Å². The summed E-state index contributed by atoms with van der Waals surface area (Å²) in [4.78, 5) is 15.3. The second-order valence-electron chi connectivity index (χ2n) is 8.56. The minimum Gasteiger partial charge on any atom is -0.396 e. The molecule has 1 fully saturated rings. The Balaban J connectivity index is 1.41. The van der Waals surface area contributed by atoms with Crippen molar-refractivity contribution in [2.75, 3.05) is 6.61 Å². The molecular weight excluding hydrogens is 340 g/mol. The standard InChI is InChI=1S/C23H28O2S/c1-14-20-17(13-18-21(20)23(18,2)3)22(26-14)19(25)11-10-16-8-6-15(7-9-16)5-4-12-24/h6-9,18,21,24H,4-5,10-13H2,1-3H3/t18-,21-/m1/s1. The molecule has 3 heteroatoms. The van der Waals surface area contributed by atoms with Crippen molar-refractivity contribution in [3.63, 3.8) is 0 Å². The fourth-order valence-corrected chi connectivity index (χ4v) is 6.08. The van der Waals surface area contributed by atoms with Crippen molar-refractivity contribution in [2.45, 2.75) is 58.8 Å². The van der Waals surface area contributed by atoms with Crippen LogP contribution in [0.1, 0.15) is 69.4 Å². The normalized spacial score (nSPS) is 22.2. The molecule has 138 valence electrons. The molecule has 2 aromatic rings.